The van der Waals surface area contributed by atoms with Crippen LogP contribution in [0.4, 0.5) is 5.69 Å². The summed E-state index contributed by atoms with van der Waals surface area (Å²) in [5, 5.41) is 9.47. The molecule has 1 rings (SSSR count). The Labute approximate surface area is 91.3 Å². The molecule has 1 aromatic carbocycles. The molecule has 0 saturated carbocycles. The van der Waals surface area contributed by atoms with Gasteiger partial charge in [0.2, 0.25) is 0 Å². The van der Waals surface area contributed by atoms with E-state index >= 15 is 0 Å². The number of phenols is 1. The minimum atomic E-state index is 0. The summed E-state index contributed by atoms with van der Waals surface area (Å²) in [6.07, 6.45) is 0.654. The molecule has 0 unspecified atom stereocenters. The van der Waals surface area contributed by atoms with Crippen LogP contribution in [0.3, 0.4) is 0 Å². The lowest BCUT2D eigenvalue weighted by molar-refractivity contribution is 0.112. The van der Waals surface area contributed by atoms with Gasteiger partial charge in [-0.1, -0.05) is 7.43 Å². The summed E-state index contributed by atoms with van der Waals surface area (Å²) < 4.78 is 0. The molecular weight excluding hydrogens is 190 g/mol. The molecule has 0 amide bonds. The molecule has 3 heteroatoms. The fourth-order valence-electron chi connectivity index (χ4n) is 1.42. The second-order valence-corrected chi connectivity index (χ2v) is 3.03. The van der Waals surface area contributed by atoms with Crippen molar-refractivity contribution in [3.05, 3.63) is 23.8 Å². The van der Waals surface area contributed by atoms with Crippen molar-refractivity contribution in [2.45, 2.75) is 21.3 Å². The van der Waals surface area contributed by atoms with Gasteiger partial charge in [-0.05, 0) is 26.0 Å². The number of anilines is 1. The summed E-state index contributed by atoms with van der Waals surface area (Å²) in [5.74, 6) is 0.0457. The molecule has 1 aromatic rings. The number of aldehydes is 1. The Hall–Kier alpha value is -1.51. The average molecular weight is 209 g/mol. The Morgan fingerprint density at radius 1 is 1.33 bits per heavy atom. The standard InChI is InChI=1S/C11H15NO2.CH4/c1-3-12(4-2)10-6-5-9(8-13)11(14)7-10;/h5-8,14H,3-4H2,1-2H3;1H4. The van der Waals surface area contributed by atoms with Crippen molar-refractivity contribution >= 4 is 12.0 Å². The van der Waals surface area contributed by atoms with Crippen molar-refractivity contribution in [2.75, 3.05) is 18.0 Å². The van der Waals surface area contributed by atoms with Crippen LogP contribution in [0.15, 0.2) is 18.2 Å². The first-order chi connectivity index (χ1) is 6.72. The largest absolute Gasteiger partial charge is 0.507 e. The Bertz CT molecular complexity index is 319. The van der Waals surface area contributed by atoms with E-state index in [2.05, 4.69) is 4.90 Å². The van der Waals surface area contributed by atoms with Crippen molar-refractivity contribution in [1.29, 1.82) is 0 Å². The SMILES string of the molecule is C.CCN(CC)c1ccc(C=O)c(O)c1. The van der Waals surface area contributed by atoms with Gasteiger partial charge in [0.05, 0.1) is 5.56 Å². The maximum atomic E-state index is 10.5. The van der Waals surface area contributed by atoms with Crippen LogP contribution in [0.25, 0.3) is 0 Å². The van der Waals surface area contributed by atoms with Gasteiger partial charge < -0.3 is 10.0 Å². The van der Waals surface area contributed by atoms with E-state index in [4.69, 9.17) is 0 Å². The number of benzene rings is 1. The first kappa shape index (κ1) is 13.5. The summed E-state index contributed by atoms with van der Waals surface area (Å²) in [6.45, 7) is 5.87. The molecule has 0 radical (unpaired) electrons. The number of carbonyl (C=O) groups is 1. The Morgan fingerprint density at radius 3 is 2.33 bits per heavy atom. The van der Waals surface area contributed by atoms with Crippen molar-refractivity contribution in [3.8, 4) is 5.75 Å². The maximum Gasteiger partial charge on any atom is 0.153 e. The highest BCUT2D eigenvalue weighted by Gasteiger charge is 2.05. The average Bonchev–Trinajstić information content (AvgIpc) is 2.20. The number of aromatic hydroxyl groups is 1. The third-order valence-electron chi connectivity index (χ3n) is 2.27. The number of phenolic OH excluding ortho intramolecular Hbond substituents is 1. The fourth-order valence-corrected chi connectivity index (χ4v) is 1.42. The summed E-state index contributed by atoms with van der Waals surface area (Å²) in [6, 6.07) is 5.10. The highest BCUT2D eigenvalue weighted by atomic mass is 16.3. The van der Waals surface area contributed by atoms with E-state index < -0.39 is 0 Å². The van der Waals surface area contributed by atoms with E-state index in [1.807, 2.05) is 19.9 Å². The Kier molecular flexibility index (Phi) is 5.45. The topological polar surface area (TPSA) is 40.5 Å². The molecule has 0 heterocycles. The van der Waals surface area contributed by atoms with Crippen LogP contribution in [-0.2, 0) is 0 Å². The van der Waals surface area contributed by atoms with Gasteiger partial charge in [-0.2, -0.15) is 0 Å². The molecule has 1 N–H and O–H groups in total. The number of hydrogen-bond donors (Lipinski definition) is 1. The van der Waals surface area contributed by atoms with Crippen LogP contribution in [-0.4, -0.2) is 24.5 Å². The molecule has 0 fully saturated rings. The zero-order chi connectivity index (χ0) is 10.6. The minimum absolute atomic E-state index is 0. The van der Waals surface area contributed by atoms with Crippen LogP contribution in [0, 0.1) is 0 Å². The number of nitrogens with zero attached hydrogens (tertiary/aromatic N) is 1. The van der Waals surface area contributed by atoms with E-state index in [1.165, 1.54) is 0 Å². The van der Waals surface area contributed by atoms with Gasteiger partial charge >= 0.3 is 0 Å². The Balaban J connectivity index is 0.00000196. The summed E-state index contributed by atoms with van der Waals surface area (Å²) in [7, 11) is 0. The zero-order valence-corrected chi connectivity index (χ0v) is 8.53. The van der Waals surface area contributed by atoms with E-state index in [-0.39, 0.29) is 13.2 Å². The lowest BCUT2D eigenvalue weighted by Crippen LogP contribution is -2.21. The highest BCUT2D eigenvalue weighted by molar-refractivity contribution is 5.80. The molecule has 0 atom stereocenters. The van der Waals surface area contributed by atoms with Crippen molar-refractivity contribution in [3.63, 3.8) is 0 Å². The van der Waals surface area contributed by atoms with Crippen LogP contribution >= 0.6 is 0 Å². The summed E-state index contributed by atoms with van der Waals surface area (Å²) in [5.41, 5.74) is 1.28. The number of rotatable bonds is 4. The van der Waals surface area contributed by atoms with Crippen LogP contribution in [0.2, 0.25) is 0 Å². The first-order valence-electron chi connectivity index (χ1n) is 4.76. The van der Waals surface area contributed by atoms with Crippen LogP contribution in [0.5, 0.6) is 5.75 Å². The van der Waals surface area contributed by atoms with E-state index in [0.717, 1.165) is 18.8 Å². The molecular formula is C12H19NO2. The third-order valence-corrected chi connectivity index (χ3v) is 2.27. The molecule has 0 aliphatic heterocycles. The predicted octanol–water partition coefficient (Wildman–Crippen LogP) is 2.69. The van der Waals surface area contributed by atoms with Gasteiger partial charge in [0.15, 0.2) is 6.29 Å². The second kappa shape index (κ2) is 6.06. The van der Waals surface area contributed by atoms with E-state index in [9.17, 15) is 9.90 Å². The molecule has 0 spiro atoms. The molecule has 0 saturated heterocycles. The fraction of sp³-hybridized carbons (Fsp3) is 0.417. The van der Waals surface area contributed by atoms with E-state index in [1.54, 1.807) is 12.1 Å². The number of carbonyl (C=O) groups excluding carboxylic acids is 1. The van der Waals surface area contributed by atoms with Crippen molar-refractivity contribution < 1.29 is 9.90 Å². The van der Waals surface area contributed by atoms with Gasteiger partial charge in [-0.25, -0.2) is 0 Å². The normalized spacial score (nSPS) is 9.20. The molecule has 3 nitrogen and oxygen atoms in total. The zero-order valence-electron chi connectivity index (χ0n) is 8.53. The summed E-state index contributed by atoms with van der Waals surface area (Å²) in [4.78, 5) is 12.6. The van der Waals surface area contributed by atoms with Gasteiger partial charge in [0, 0.05) is 24.8 Å². The summed E-state index contributed by atoms with van der Waals surface area (Å²) >= 11 is 0. The molecule has 15 heavy (non-hydrogen) atoms. The van der Waals surface area contributed by atoms with Crippen molar-refractivity contribution in [2.24, 2.45) is 0 Å². The molecule has 0 bridgehead atoms. The quantitative estimate of drug-likeness (QED) is 0.775. The van der Waals surface area contributed by atoms with Crippen molar-refractivity contribution in [1.82, 2.24) is 0 Å². The minimum Gasteiger partial charge on any atom is -0.507 e. The lowest BCUT2D eigenvalue weighted by atomic mass is 10.2. The van der Waals surface area contributed by atoms with Crippen LogP contribution in [0.1, 0.15) is 31.6 Å². The molecule has 0 aliphatic carbocycles. The molecule has 0 aromatic heterocycles. The predicted molar refractivity (Wildman–Crippen MR) is 63.8 cm³/mol. The highest BCUT2D eigenvalue weighted by Crippen LogP contribution is 2.23. The van der Waals surface area contributed by atoms with Gasteiger partial charge in [0.25, 0.3) is 0 Å². The van der Waals surface area contributed by atoms with Gasteiger partial charge in [0.1, 0.15) is 5.75 Å². The third kappa shape index (κ3) is 2.98. The monoisotopic (exact) mass is 209 g/mol. The maximum absolute atomic E-state index is 10.5. The molecule has 84 valence electrons. The lowest BCUT2D eigenvalue weighted by Gasteiger charge is -2.21. The second-order valence-electron chi connectivity index (χ2n) is 3.03. The number of hydrogen-bond acceptors (Lipinski definition) is 3. The van der Waals surface area contributed by atoms with Gasteiger partial charge in [-0.3, -0.25) is 4.79 Å². The smallest absolute Gasteiger partial charge is 0.153 e. The van der Waals surface area contributed by atoms with Crippen LogP contribution < -0.4 is 4.90 Å². The van der Waals surface area contributed by atoms with Gasteiger partial charge in [-0.15, -0.1) is 0 Å². The Morgan fingerprint density at radius 2 is 1.93 bits per heavy atom. The van der Waals surface area contributed by atoms with E-state index in [0.29, 0.717) is 11.8 Å². The molecule has 0 aliphatic rings. The first-order valence-corrected chi connectivity index (χ1v) is 4.76.